The van der Waals surface area contributed by atoms with Gasteiger partial charge in [0.1, 0.15) is 5.82 Å². The van der Waals surface area contributed by atoms with Gasteiger partial charge in [-0.05, 0) is 24.6 Å². The van der Waals surface area contributed by atoms with Gasteiger partial charge in [-0.2, -0.15) is 5.10 Å². The first-order valence-electron chi connectivity index (χ1n) is 3.81. The Kier molecular flexibility index (Phi) is 2.76. The Bertz CT molecular complexity index is 399. The maximum absolute atomic E-state index is 13.3. The molecule has 1 aromatic carbocycles. The predicted octanol–water partition coefficient (Wildman–Crippen LogP) is 1.37. The normalized spacial score (nSPS) is 11.4. The van der Waals surface area contributed by atoms with E-state index >= 15 is 0 Å². The summed E-state index contributed by atoms with van der Waals surface area (Å²) in [5.41, 5.74) is 13.4. The van der Waals surface area contributed by atoms with Gasteiger partial charge in [-0.3, -0.25) is 0 Å². The lowest BCUT2D eigenvalue weighted by molar-refractivity contribution is 0.623. The third-order valence-corrected chi connectivity index (χ3v) is 1.82. The molecule has 1 rings (SSSR count). The smallest absolute Gasteiger partial charge is 0.202 e. The largest absolute Gasteiger partial charge is 0.398 e. The predicted molar refractivity (Wildman–Crippen MR) is 51.4 cm³/mol. The molecule has 0 saturated heterocycles. The molecule has 0 radical (unpaired) electrons. The van der Waals surface area contributed by atoms with Crippen molar-refractivity contribution in [2.24, 2.45) is 16.1 Å². The van der Waals surface area contributed by atoms with Gasteiger partial charge in [0.15, 0.2) is 0 Å². The molecule has 0 fully saturated rings. The minimum absolute atomic E-state index is 0.0330. The molecule has 6 heteroatoms. The number of nitrogen functional groups attached to an aromatic ring is 1. The highest BCUT2D eigenvalue weighted by atomic mass is 19.1. The Labute approximate surface area is 80.1 Å². The molecule has 5 N–H and O–H groups in total. The molecular formula is C8H10FN5. The second kappa shape index (κ2) is 3.82. The molecule has 0 aromatic heterocycles. The highest BCUT2D eigenvalue weighted by Gasteiger charge is 2.10. The number of hydrogen-bond donors (Lipinski definition) is 3. The highest BCUT2D eigenvalue weighted by molar-refractivity contribution is 5.99. The van der Waals surface area contributed by atoms with Gasteiger partial charge in [-0.1, -0.05) is 0 Å². The second-order valence-corrected chi connectivity index (χ2v) is 2.75. The Morgan fingerprint density at radius 2 is 2.14 bits per heavy atom. The molecule has 5 nitrogen and oxygen atoms in total. The standard InChI is InChI=1S/C8H10FN5/c1-4-2-6(9)5(3-7(4)10)8(13-11)14-12/h2-3,11H,10,12H2,1H3/b13-11?,14-8-. The number of hydrazone groups is 1. The molecule has 0 aliphatic rings. The minimum Gasteiger partial charge on any atom is -0.398 e. The summed E-state index contributed by atoms with van der Waals surface area (Å²) < 4.78 is 13.3. The average molecular weight is 195 g/mol. The van der Waals surface area contributed by atoms with Crippen LogP contribution >= 0.6 is 0 Å². The Morgan fingerprint density at radius 1 is 1.50 bits per heavy atom. The summed E-state index contributed by atoms with van der Waals surface area (Å²) in [4.78, 5) is 0. The molecule has 0 aliphatic heterocycles. The van der Waals surface area contributed by atoms with Gasteiger partial charge in [0.2, 0.25) is 5.84 Å². The first-order chi connectivity index (χ1) is 6.60. The quantitative estimate of drug-likeness (QED) is 0.157. The number of hydrogen-bond acceptors (Lipinski definition) is 4. The van der Waals surface area contributed by atoms with Gasteiger partial charge in [-0.25, -0.2) is 9.92 Å². The lowest BCUT2D eigenvalue weighted by atomic mass is 10.1. The van der Waals surface area contributed by atoms with E-state index in [9.17, 15) is 4.39 Å². The van der Waals surface area contributed by atoms with Crippen molar-refractivity contribution in [3.8, 4) is 0 Å². The summed E-state index contributed by atoms with van der Waals surface area (Å²) >= 11 is 0. The molecule has 0 saturated carbocycles. The SMILES string of the molecule is Cc1cc(F)c(/C(N=N)=N/N)cc1N. The molecular weight excluding hydrogens is 185 g/mol. The fourth-order valence-electron chi connectivity index (χ4n) is 1.02. The van der Waals surface area contributed by atoms with Gasteiger partial charge in [0.25, 0.3) is 0 Å². The number of halogens is 1. The van der Waals surface area contributed by atoms with Crippen molar-refractivity contribution in [3.63, 3.8) is 0 Å². The highest BCUT2D eigenvalue weighted by Crippen LogP contribution is 2.18. The van der Waals surface area contributed by atoms with E-state index in [-0.39, 0.29) is 11.4 Å². The molecule has 74 valence electrons. The second-order valence-electron chi connectivity index (χ2n) is 2.75. The van der Waals surface area contributed by atoms with Crippen molar-refractivity contribution < 1.29 is 4.39 Å². The number of anilines is 1. The fraction of sp³-hybridized carbons (Fsp3) is 0.125. The Morgan fingerprint density at radius 3 is 2.64 bits per heavy atom. The van der Waals surface area contributed by atoms with Crippen molar-refractivity contribution in [2.75, 3.05) is 5.73 Å². The van der Waals surface area contributed by atoms with Crippen LogP contribution in [0.3, 0.4) is 0 Å². The van der Waals surface area contributed by atoms with Gasteiger partial charge in [0.05, 0.1) is 5.56 Å². The molecule has 0 unspecified atom stereocenters. The molecule has 0 atom stereocenters. The van der Waals surface area contributed by atoms with Crippen LogP contribution in [0.4, 0.5) is 10.1 Å². The molecule has 0 aliphatic carbocycles. The molecule has 0 amide bonds. The van der Waals surface area contributed by atoms with Gasteiger partial charge in [-0.15, -0.1) is 5.11 Å². The summed E-state index contributed by atoms with van der Waals surface area (Å²) in [6.07, 6.45) is 0. The lowest BCUT2D eigenvalue weighted by Gasteiger charge is -2.04. The number of aryl methyl sites for hydroxylation is 1. The number of amidine groups is 1. The average Bonchev–Trinajstić information content (AvgIpc) is 2.15. The van der Waals surface area contributed by atoms with E-state index in [1.807, 2.05) is 0 Å². The van der Waals surface area contributed by atoms with E-state index in [4.69, 9.17) is 17.1 Å². The van der Waals surface area contributed by atoms with Crippen LogP contribution < -0.4 is 11.6 Å². The zero-order valence-electron chi connectivity index (χ0n) is 7.58. The molecule has 0 bridgehead atoms. The van der Waals surface area contributed by atoms with Crippen LogP contribution in [0.25, 0.3) is 0 Å². The fourth-order valence-corrected chi connectivity index (χ4v) is 1.02. The lowest BCUT2D eigenvalue weighted by Crippen LogP contribution is -2.05. The van der Waals surface area contributed by atoms with Crippen LogP contribution in [0.2, 0.25) is 0 Å². The molecule has 0 spiro atoms. The monoisotopic (exact) mass is 195 g/mol. The van der Waals surface area contributed by atoms with Gasteiger partial charge < -0.3 is 11.6 Å². The van der Waals surface area contributed by atoms with Crippen LogP contribution in [0.1, 0.15) is 11.1 Å². The van der Waals surface area contributed by atoms with Gasteiger partial charge >= 0.3 is 0 Å². The van der Waals surface area contributed by atoms with Crippen molar-refractivity contribution in [2.45, 2.75) is 6.92 Å². The topological polar surface area (TPSA) is 101 Å². The minimum atomic E-state index is -0.545. The zero-order valence-corrected chi connectivity index (χ0v) is 7.58. The summed E-state index contributed by atoms with van der Waals surface area (Å²) in [6.45, 7) is 1.68. The molecule has 0 heterocycles. The van der Waals surface area contributed by atoms with Crippen LogP contribution in [-0.2, 0) is 0 Å². The summed E-state index contributed by atoms with van der Waals surface area (Å²) in [7, 11) is 0. The maximum Gasteiger partial charge on any atom is 0.202 e. The number of rotatable bonds is 1. The van der Waals surface area contributed by atoms with E-state index in [2.05, 4.69) is 10.2 Å². The number of nitrogens with zero attached hydrogens (tertiary/aromatic N) is 2. The van der Waals surface area contributed by atoms with Crippen molar-refractivity contribution >= 4 is 11.5 Å². The number of nitrogens with two attached hydrogens (primary N) is 2. The van der Waals surface area contributed by atoms with Crippen molar-refractivity contribution in [3.05, 3.63) is 29.1 Å². The Balaban J connectivity index is 3.35. The van der Waals surface area contributed by atoms with Crippen LogP contribution in [0, 0.1) is 18.3 Å². The first-order valence-corrected chi connectivity index (χ1v) is 3.81. The van der Waals surface area contributed by atoms with E-state index in [1.54, 1.807) is 6.92 Å². The van der Waals surface area contributed by atoms with E-state index in [0.717, 1.165) is 0 Å². The molecule has 1 aromatic rings. The molecule has 14 heavy (non-hydrogen) atoms. The number of nitrogens with one attached hydrogen (secondary N) is 1. The van der Waals surface area contributed by atoms with Crippen LogP contribution in [0.15, 0.2) is 22.3 Å². The summed E-state index contributed by atoms with van der Waals surface area (Å²) in [6, 6.07) is 2.61. The van der Waals surface area contributed by atoms with Crippen LogP contribution in [-0.4, -0.2) is 5.84 Å². The van der Waals surface area contributed by atoms with Crippen molar-refractivity contribution in [1.29, 1.82) is 5.53 Å². The Hall–Kier alpha value is -1.98. The summed E-state index contributed by atoms with van der Waals surface area (Å²) in [5.74, 6) is 4.21. The number of benzene rings is 1. The first kappa shape index (κ1) is 10.1. The maximum atomic E-state index is 13.3. The van der Waals surface area contributed by atoms with E-state index < -0.39 is 5.82 Å². The van der Waals surface area contributed by atoms with Crippen LogP contribution in [0.5, 0.6) is 0 Å². The van der Waals surface area contributed by atoms with Crippen molar-refractivity contribution in [1.82, 2.24) is 0 Å². The summed E-state index contributed by atoms with van der Waals surface area (Å²) in [5, 5.41) is 6.16. The third-order valence-electron chi connectivity index (χ3n) is 1.82. The zero-order chi connectivity index (χ0) is 10.7. The van der Waals surface area contributed by atoms with E-state index in [0.29, 0.717) is 11.3 Å². The third kappa shape index (κ3) is 1.68. The van der Waals surface area contributed by atoms with Gasteiger partial charge in [0, 0.05) is 5.69 Å². The van der Waals surface area contributed by atoms with E-state index in [1.165, 1.54) is 12.1 Å².